The summed E-state index contributed by atoms with van der Waals surface area (Å²) in [7, 11) is -4.34. The van der Waals surface area contributed by atoms with Gasteiger partial charge in [-0.2, -0.15) is 9.40 Å². The molecule has 180 valence electrons. The highest BCUT2D eigenvalue weighted by Gasteiger charge is 2.34. The Labute approximate surface area is 195 Å². The molecule has 0 amide bonds. The van der Waals surface area contributed by atoms with Gasteiger partial charge in [0.2, 0.25) is 10.0 Å². The summed E-state index contributed by atoms with van der Waals surface area (Å²) in [5.74, 6) is -1.93. The number of anilines is 1. The number of hydrogen-bond donors (Lipinski definition) is 1. The van der Waals surface area contributed by atoms with Crippen molar-refractivity contribution in [3.05, 3.63) is 51.4 Å². The predicted octanol–water partition coefficient (Wildman–Crippen LogP) is 3.04. The van der Waals surface area contributed by atoms with Gasteiger partial charge in [-0.05, 0) is 43.7 Å². The summed E-state index contributed by atoms with van der Waals surface area (Å²) in [4.78, 5) is 11.8. The molecule has 2 aliphatic heterocycles. The van der Waals surface area contributed by atoms with Gasteiger partial charge in [0.25, 0.3) is 5.56 Å². The van der Waals surface area contributed by atoms with E-state index in [2.05, 4.69) is 10.4 Å². The first-order chi connectivity index (χ1) is 15.8. The van der Waals surface area contributed by atoms with E-state index in [1.54, 1.807) is 0 Å². The molecule has 4 rings (SSSR count). The number of aromatic nitrogens is 2. The van der Waals surface area contributed by atoms with E-state index in [0.29, 0.717) is 24.8 Å². The number of piperidine rings is 1. The molecule has 3 heterocycles. The molecular formula is C21H25ClF2N4O4S. The molecule has 1 N–H and O–H groups in total. The van der Waals surface area contributed by atoms with Crippen molar-refractivity contribution in [3.63, 3.8) is 0 Å². The van der Waals surface area contributed by atoms with E-state index in [0.717, 1.165) is 42.0 Å². The summed E-state index contributed by atoms with van der Waals surface area (Å²) in [5, 5.41) is 7.42. The number of nitrogens with zero attached hydrogens (tertiary/aromatic N) is 3. The molecule has 0 aliphatic carbocycles. The maximum Gasteiger partial charge on any atom is 0.287 e. The Morgan fingerprint density at radius 2 is 1.88 bits per heavy atom. The number of benzene rings is 1. The first-order valence-corrected chi connectivity index (χ1v) is 12.6. The minimum absolute atomic E-state index is 0.00576. The lowest BCUT2D eigenvalue weighted by atomic mass is 10.0. The van der Waals surface area contributed by atoms with Gasteiger partial charge in [0.1, 0.15) is 16.7 Å². The van der Waals surface area contributed by atoms with Crippen molar-refractivity contribution in [3.8, 4) is 0 Å². The van der Waals surface area contributed by atoms with Crippen molar-refractivity contribution in [1.29, 1.82) is 0 Å². The van der Waals surface area contributed by atoms with Crippen LogP contribution in [0.2, 0.25) is 5.02 Å². The third-order valence-electron chi connectivity index (χ3n) is 6.07. The molecule has 1 aromatic heterocycles. The quantitative estimate of drug-likeness (QED) is 0.652. The lowest BCUT2D eigenvalue weighted by molar-refractivity contribution is 0.0595. The minimum atomic E-state index is -4.34. The second kappa shape index (κ2) is 10.0. The third-order valence-corrected chi connectivity index (χ3v) is 8.38. The first-order valence-electron chi connectivity index (χ1n) is 10.8. The molecular weight excluding hydrogens is 478 g/mol. The van der Waals surface area contributed by atoms with Gasteiger partial charge in [0.15, 0.2) is 4.90 Å². The summed E-state index contributed by atoms with van der Waals surface area (Å²) >= 11 is 6.29. The Balaban J connectivity index is 1.43. The van der Waals surface area contributed by atoms with E-state index < -0.39 is 32.1 Å². The molecule has 0 spiro atoms. The second-order valence-electron chi connectivity index (χ2n) is 8.27. The van der Waals surface area contributed by atoms with Gasteiger partial charge >= 0.3 is 0 Å². The van der Waals surface area contributed by atoms with Crippen LogP contribution in [0.25, 0.3) is 0 Å². The van der Waals surface area contributed by atoms with E-state index in [1.807, 2.05) is 0 Å². The topological polar surface area (TPSA) is 93.5 Å². The number of ether oxygens (including phenoxy) is 1. The molecule has 2 fully saturated rings. The maximum absolute atomic E-state index is 14.0. The predicted molar refractivity (Wildman–Crippen MR) is 119 cm³/mol. The lowest BCUT2D eigenvalue weighted by Gasteiger charge is -2.31. The van der Waals surface area contributed by atoms with Crippen LogP contribution in [-0.4, -0.2) is 55.4 Å². The zero-order valence-corrected chi connectivity index (χ0v) is 19.4. The molecule has 2 aliphatic rings. The van der Waals surface area contributed by atoms with Gasteiger partial charge in [-0.1, -0.05) is 17.7 Å². The van der Waals surface area contributed by atoms with Gasteiger partial charge in [-0.3, -0.25) is 4.79 Å². The number of halogens is 3. The highest BCUT2D eigenvalue weighted by molar-refractivity contribution is 7.89. The maximum atomic E-state index is 14.0. The molecule has 1 aromatic carbocycles. The van der Waals surface area contributed by atoms with Crippen LogP contribution in [0.5, 0.6) is 0 Å². The highest BCUT2D eigenvalue weighted by atomic mass is 35.5. The van der Waals surface area contributed by atoms with Crippen LogP contribution in [0.1, 0.15) is 31.7 Å². The molecule has 12 heteroatoms. The van der Waals surface area contributed by atoms with E-state index in [-0.39, 0.29) is 37.0 Å². The van der Waals surface area contributed by atoms with Gasteiger partial charge in [-0.25, -0.2) is 21.9 Å². The fraction of sp³-hybridized carbons (Fsp3) is 0.524. The SMILES string of the molecule is O=c1c(Cl)c(NC[C@@H]2CCCOC2)cnn1C1CCN(S(=O)(=O)c2c(F)cccc2F)CC1. The molecule has 2 aromatic rings. The summed E-state index contributed by atoms with van der Waals surface area (Å²) < 4.78 is 61.3. The molecule has 0 unspecified atom stereocenters. The summed E-state index contributed by atoms with van der Waals surface area (Å²) in [5.41, 5.74) is -0.0263. The number of sulfonamides is 1. The fourth-order valence-electron chi connectivity index (χ4n) is 4.24. The van der Waals surface area contributed by atoms with Gasteiger partial charge in [-0.15, -0.1) is 0 Å². The van der Waals surface area contributed by atoms with Gasteiger partial charge in [0, 0.05) is 26.2 Å². The number of hydrogen-bond acceptors (Lipinski definition) is 6. The van der Waals surface area contributed by atoms with Crippen LogP contribution >= 0.6 is 11.6 Å². The Bertz CT molecular complexity index is 1140. The largest absolute Gasteiger partial charge is 0.382 e. The van der Waals surface area contributed by atoms with Crippen molar-refractivity contribution in [1.82, 2.24) is 14.1 Å². The Hall–Kier alpha value is -2.08. The van der Waals surface area contributed by atoms with Gasteiger partial charge in [0.05, 0.1) is 24.5 Å². The minimum Gasteiger partial charge on any atom is -0.382 e. The van der Waals surface area contributed by atoms with E-state index in [1.165, 1.54) is 10.9 Å². The van der Waals surface area contributed by atoms with E-state index in [9.17, 15) is 22.0 Å². The van der Waals surface area contributed by atoms with Crippen molar-refractivity contribution in [2.24, 2.45) is 5.92 Å². The van der Waals surface area contributed by atoms with Crippen LogP contribution in [0.3, 0.4) is 0 Å². The lowest BCUT2D eigenvalue weighted by Crippen LogP contribution is -2.42. The number of nitrogens with one attached hydrogen (secondary N) is 1. The van der Waals surface area contributed by atoms with Crippen LogP contribution in [0, 0.1) is 17.6 Å². The van der Waals surface area contributed by atoms with Crippen LogP contribution < -0.4 is 10.9 Å². The van der Waals surface area contributed by atoms with Gasteiger partial charge < -0.3 is 10.1 Å². The van der Waals surface area contributed by atoms with Crippen LogP contribution in [0.4, 0.5) is 14.5 Å². The fourth-order valence-corrected chi connectivity index (χ4v) is 6.02. The summed E-state index contributed by atoms with van der Waals surface area (Å²) in [6.45, 7) is 2.04. The van der Waals surface area contributed by atoms with Crippen molar-refractivity contribution < 1.29 is 21.9 Å². The van der Waals surface area contributed by atoms with E-state index in [4.69, 9.17) is 16.3 Å². The molecule has 8 nitrogen and oxygen atoms in total. The van der Waals surface area contributed by atoms with E-state index >= 15 is 0 Å². The second-order valence-corrected chi connectivity index (χ2v) is 10.5. The standard InChI is InChI=1S/C21H25ClF2N4O4S/c22-19-18(25-11-14-3-2-10-32-13-14)12-26-28(21(19)29)15-6-8-27(9-7-15)33(30,31)20-16(23)4-1-5-17(20)24/h1,4-5,12,14-15,25H,2-3,6-11,13H2/t14-/m0/s1. The molecule has 0 radical (unpaired) electrons. The van der Waals surface area contributed by atoms with Crippen LogP contribution in [0.15, 0.2) is 34.1 Å². The Morgan fingerprint density at radius 3 is 2.52 bits per heavy atom. The summed E-state index contributed by atoms with van der Waals surface area (Å²) in [6.07, 6.45) is 4.03. The molecule has 2 saturated heterocycles. The van der Waals surface area contributed by atoms with Crippen LogP contribution in [-0.2, 0) is 14.8 Å². The van der Waals surface area contributed by atoms with Crippen molar-refractivity contribution >= 4 is 27.3 Å². The molecule has 1 atom stereocenters. The molecule has 0 saturated carbocycles. The summed E-state index contributed by atoms with van der Waals surface area (Å²) in [6, 6.07) is 2.54. The molecule has 33 heavy (non-hydrogen) atoms. The highest BCUT2D eigenvalue weighted by Crippen LogP contribution is 2.29. The monoisotopic (exact) mass is 502 g/mol. The average Bonchev–Trinajstić information content (AvgIpc) is 2.80. The third kappa shape index (κ3) is 5.06. The van der Waals surface area contributed by atoms with Crippen molar-refractivity contribution in [2.75, 3.05) is 38.2 Å². The smallest absolute Gasteiger partial charge is 0.287 e. The normalized spacial score (nSPS) is 20.6. The Kier molecular flexibility index (Phi) is 7.32. The zero-order valence-electron chi connectivity index (χ0n) is 17.8. The van der Waals surface area contributed by atoms with Crippen molar-refractivity contribution in [2.45, 2.75) is 36.6 Å². The Morgan fingerprint density at radius 1 is 1.18 bits per heavy atom. The number of rotatable bonds is 6. The molecule has 0 bridgehead atoms. The average molecular weight is 503 g/mol. The zero-order chi connectivity index (χ0) is 23.6. The first kappa shape index (κ1) is 24.1.